The second kappa shape index (κ2) is 6.39. The summed E-state index contributed by atoms with van der Waals surface area (Å²) >= 11 is 0. The first-order valence-electron chi connectivity index (χ1n) is 7.31. The quantitative estimate of drug-likeness (QED) is 0.865. The van der Waals surface area contributed by atoms with Crippen molar-refractivity contribution in [1.29, 1.82) is 0 Å². The van der Waals surface area contributed by atoms with Crippen molar-refractivity contribution in [3.63, 3.8) is 0 Å². The first kappa shape index (κ1) is 13.6. The number of piperidine rings is 1. The van der Waals surface area contributed by atoms with Crippen LogP contribution >= 0.6 is 0 Å². The molecule has 3 heteroatoms. The van der Waals surface area contributed by atoms with Gasteiger partial charge in [0.1, 0.15) is 0 Å². The van der Waals surface area contributed by atoms with Gasteiger partial charge in [-0.1, -0.05) is 0 Å². The zero-order valence-corrected chi connectivity index (χ0v) is 12.0. The molecule has 0 spiro atoms. The molecule has 3 nitrogen and oxygen atoms in total. The second-order valence-electron chi connectivity index (χ2n) is 5.64. The lowest BCUT2D eigenvalue weighted by Crippen LogP contribution is -2.44. The average molecular weight is 249 g/mol. The van der Waals surface area contributed by atoms with E-state index in [1.807, 2.05) is 0 Å². The van der Waals surface area contributed by atoms with Crippen LogP contribution in [-0.4, -0.2) is 34.6 Å². The lowest BCUT2D eigenvalue weighted by Gasteiger charge is -2.35. The number of hydrogen-bond donors (Lipinski definition) is 1. The Hall–Kier alpha value is -0.800. The number of nitrogens with zero attached hydrogens (tertiary/aromatic N) is 2. The van der Waals surface area contributed by atoms with E-state index < -0.39 is 0 Å². The zero-order chi connectivity index (χ0) is 13.0. The van der Waals surface area contributed by atoms with Crippen LogP contribution in [0.25, 0.3) is 0 Å². The molecule has 0 aliphatic carbocycles. The van der Waals surface area contributed by atoms with Crippen LogP contribution in [0.5, 0.6) is 0 Å². The summed E-state index contributed by atoms with van der Waals surface area (Å²) in [5.41, 5.74) is 1.41. The molecular weight excluding hydrogens is 222 g/mol. The molecule has 0 saturated carbocycles. The molecule has 2 heterocycles. The molecule has 18 heavy (non-hydrogen) atoms. The summed E-state index contributed by atoms with van der Waals surface area (Å²) in [6.07, 6.45) is 6.98. The minimum Gasteiger partial charge on any atom is -0.354 e. The SMILES string of the molecule is CCn1ccc(CNC2CCN(C(C)C)CC2)c1. The number of aryl methyl sites for hydroxylation is 1. The van der Waals surface area contributed by atoms with Crippen molar-refractivity contribution in [3.05, 3.63) is 24.0 Å². The van der Waals surface area contributed by atoms with Crippen LogP contribution in [0, 0.1) is 0 Å². The number of nitrogens with one attached hydrogen (secondary N) is 1. The highest BCUT2D eigenvalue weighted by Gasteiger charge is 2.20. The van der Waals surface area contributed by atoms with Gasteiger partial charge in [0, 0.05) is 37.6 Å². The Morgan fingerprint density at radius 3 is 2.61 bits per heavy atom. The third-order valence-electron chi connectivity index (χ3n) is 4.03. The topological polar surface area (TPSA) is 20.2 Å². The molecule has 0 amide bonds. The molecule has 0 atom stereocenters. The van der Waals surface area contributed by atoms with Crippen molar-refractivity contribution in [1.82, 2.24) is 14.8 Å². The highest BCUT2D eigenvalue weighted by Crippen LogP contribution is 2.13. The van der Waals surface area contributed by atoms with Crippen molar-refractivity contribution in [2.75, 3.05) is 13.1 Å². The monoisotopic (exact) mass is 249 g/mol. The predicted molar refractivity (Wildman–Crippen MR) is 76.7 cm³/mol. The van der Waals surface area contributed by atoms with E-state index in [1.165, 1.54) is 31.5 Å². The fourth-order valence-electron chi connectivity index (χ4n) is 2.67. The van der Waals surface area contributed by atoms with E-state index in [1.54, 1.807) is 0 Å². The Kier molecular flexibility index (Phi) is 4.84. The molecule has 0 unspecified atom stereocenters. The number of likely N-dealkylation sites (tertiary alicyclic amines) is 1. The summed E-state index contributed by atoms with van der Waals surface area (Å²) in [5.74, 6) is 0. The lowest BCUT2D eigenvalue weighted by molar-refractivity contribution is 0.161. The molecule has 2 rings (SSSR count). The maximum Gasteiger partial charge on any atom is 0.0223 e. The average Bonchev–Trinajstić information content (AvgIpc) is 2.85. The zero-order valence-electron chi connectivity index (χ0n) is 12.0. The minimum atomic E-state index is 0.699. The highest BCUT2D eigenvalue weighted by atomic mass is 15.2. The minimum absolute atomic E-state index is 0.699. The van der Waals surface area contributed by atoms with Gasteiger partial charge in [0.15, 0.2) is 0 Å². The molecule has 1 aliphatic rings. The van der Waals surface area contributed by atoms with Crippen LogP contribution in [0.3, 0.4) is 0 Å². The van der Waals surface area contributed by atoms with Crippen LogP contribution in [0.4, 0.5) is 0 Å². The summed E-state index contributed by atoms with van der Waals surface area (Å²) in [4.78, 5) is 2.58. The first-order chi connectivity index (χ1) is 8.69. The van der Waals surface area contributed by atoms with Crippen molar-refractivity contribution in [3.8, 4) is 0 Å². The van der Waals surface area contributed by atoms with Gasteiger partial charge in [-0.3, -0.25) is 0 Å². The van der Waals surface area contributed by atoms with E-state index in [9.17, 15) is 0 Å². The summed E-state index contributed by atoms with van der Waals surface area (Å²) in [5, 5.41) is 3.69. The van der Waals surface area contributed by atoms with Crippen molar-refractivity contribution >= 4 is 0 Å². The fourth-order valence-corrected chi connectivity index (χ4v) is 2.67. The van der Waals surface area contributed by atoms with E-state index in [0.717, 1.165) is 13.1 Å². The van der Waals surface area contributed by atoms with Crippen LogP contribution < -0.4 is 5.32 Å². The van der Waals surface area contributed by atoms with Gasteiger partial charge in [-0.25, -0.2) is 0 Å². The van der Waals surface area contributed by atoms with Crippen molar-refractivity contribution in [2.24, 2.45) is 0 Å². The van der Waals surface area contributed by atoms with Gasteiger partial charge in [0.25, 0.3) is 0 Å². The number of rotatable bonds is 5. The molecule has 0 radical (unpaired) electrons. The highest BCUT2D eigenvalue weighted by molar-refractivity contribution is 5.10. The van der Waals surface area contributed by atoms with E-state index in [4.69, 9.17) is 0 Å². The molecule has 1 aliphatic heterocycles. The van der Waals surface area contributed by atoms with Gasteiger partial charge in [0.2, 0.25) is 0 Å². The molecule has 1 fully saturated rings. The van der Waals surface area contributed by atoms with Gasteiger partial charge >= 0.3 is 0 Å². The van der Waals surface area contributed by atoms with E-state index >= 15 is 0 Å². The van der Waals surface area contributed by atoms with Gasteiger partial charge in [-0.05, 0) is 58.3 Å². The summed E-state index contributed by atoms with van der Waals surface area (Å²) in [6.45, 7) is 11.3. The Bertz CT molecular complexity index is 348. The van der Waals surface area contributed by atoms with Crippen LogP contribution in [0.15, 0.2) is 18.5 Å². The summed E-state index contributed by atoms with van der Waals surface area (Å²) in [6, 6.07) is 3.62. The molecule has 0 bridgehead atoms. The Balaban J connectivity index is 1.72. The molecule has 0 aromatic carbocycles. The third kappa shape index (κ3) is 3.59. The smallest absolute Gasteiger partial charge is 0.0223 e. The normalized spacial score (nSPS) is 18.7. The van der Waals surface area contributed by atoms with Gasteiger partial charge in [-0.15, -0.1) is 0 Å². The predicted octanol–water partition coefficient (Wildman–Crippen LogP) is 2.47. The Morgan fingerprint density at radius 1 is 1.33 bits per heavy atom. The van der Waals surface area contributed by atoms with Crippen molar-refractivity contribution in [2.45, 2.75) is 58.8 Å². The van der Waals surface area contributed by atoms with Crippen LogP contribution in [0.2, 0.25) is 0 Å². The summed E-state index contributed by atoms with van der Waals surface area (Å²) < 4.78 is 2.23. The number of hydrogen-bond acceptors (Lipinski definition) is 2. The van der Waals surface area contributed by atoms with Crippen LogP contribution in [0.1, 0.15) is 39.2 Å². The third-order valence-corrected chi connectivity index (χ3v) is 4.03. The van der Waals surface area contributed by atoms with Gasteiger partial charge < -0.3 is 14.8 Å². The maximum absolute atomic E-state index is 3.69. The fraction of sp³-hybridized carbons (Fsp3) is 0.733. The molecule has 1 aromatic rings. The van der Waals surface area contributed by atoms with Gasteiger partial charge in [-0.2, -0.15) is 0 Å². The van der Waals surface area contributed by atoms with E-state index in [-0.39, 0.29) is 0 Å². The standard InChI is InChI=1S/C15H27N3/c1-4-17-8-5-14(12-17)11-16-15-6-9-18(10-7-15)13(2)3/h5,8,12-13,15-16H,4,6-7,9-11H2,1-3H3. The molecule has 102 valence electrons. The Labute approximate surface area is 111 Å². The number of aromatic nitrogens is 1. The van der Waals surface area contributed by atoms with E-state index in [0.29, 0.717) is 12.1 Å². The van der Waals surface area contributed by atoms with Crippen LogP contribution in [-0.2, 0) is 13.1 Å². The summed E-state index contributed by atoms with van der Waals surface area (Å²) in [7, 11) is 0. The maximum atomic E-state index is 3.69. The molecular formula is C15H27N3. The van der Waals surface area contributed by atoms with Crippen molar-refractivity contribution < 1.29 is 0 Å². The molecule has 1 aromatic heterocycles. The van der Waals surface area contributed by atoms with Gasteiger partial charge in [0.05, 0.1) is 0 Å². The molecule has 1 N–H and O–H groups in total. The first-order valence-corrected chi connectivity index (χ1v) is 7.31. The second-order valence-corrected chi connectivity index (χ2v) is 5.64. The molecule has 1 saturated heterocycles. The lowest BCUT2D eigenvalue weighted by atomic mass is 10.0. The largest absolute Gasteiger partial charge is 0.354 e. The Morgan fingerprint density at radius 2 is 2.06 bits per heavy atom. The van der Waals surface area contributed by atoms with E-state index in [2.05, 4.69) is 54.0 Å².